The van der Waals surface area contributed by atoms with E-state index in [9.17, 15) is 9.59 Å². The van der Waals surface area contributed by atoms with Crippen molar-refractivity contribution in [3.8, 4) is 0 Å². The van der Waals surface area contributed by atoms with Crippen molar-refractivity contribution in [2.75, 3.05) is 27.3 Å². The molecule has 0 unspecified atom stereocenters. The average molecular weight is 340 g/mol. The second kappa shape index (κ2) is 9.59. The number of hydrogen-bond acceptors (Lipinski definition) is 3. The van der Waals surface area contributed by atoms with Gasteiger partial charge in [0.05, 0.1) is 0 Å². The van der Waals surface area contributed by atoms with Gasteiger partial charge in [0, 0.05) is 45.0 Å². The SMILES string of the molecule is COCCCNC(=O)c1cccc(C(=O)N(C)Cc2ccccc2)c1. The fourth-order valence-electron chi connectivity index (χ4n) is 2.46. The van der Waals surface area contributed by atoms with E-state index in [1.807, 2.05) is 30.3 Å². The number of nitrogens with one attached hydrogen (secondary N) is 1. The van der Waals surface area contributed by atoms with Crippen molar-refractivity contribution >= 4 is 11.8 Å². The standard InChI is InChI=1S/C20H24N2O3/c1-22(15-16-8-4-3-5-9-16)20(24)18-11-6-10-17(14-18)19(23)21-12-7-13-25-2/h3-6,8-11,14H,7,12-13,15H2,1-2H3,(H,21,23). The van der Waals surface area contributed by atoms with Crippen LogP contribution < -0.4 is 5.32 Å². The molecule has 0 bridgehead atoms. The van der Waals surface area contributed by atoms with Gasteiger partial charge in [0.1, 0.15) is 0 Å². The van der Waals surface area contributed by atoms with E-state index in [1.54, 1.807) is 43.3 Å². The summed E-state index contributed by atoms with van der Waals surface area (Å²) >= 11 is 0. The van der Waals surface area contributed by atoms with Crippen molar-refractivity contribution < 1.29 is 14.3 Å². The third-order valence-electron chi connectivity index (χ3n) is 3.79. The number of carbonyl (C=O) groups excluding carboxylic acids is 2. The lowest BCUT2D eigenvalue weighted by molar-refractivity contribution is 0.0785. The molecule has 25 heavy (non-hydrogen) atoms. The Kier molecular flexibility index (Phi) is 7.16. The maximum atomic E-state index is 12.6. The summed E-state index contributed by atoms with van der Waals surface area (Å²) in [5.74, 6) is -0.297. The summed E-state index contributed by atoms with van der Waals surface area (Å²) in [6, 6.07) is 16.6. The summed E-state index contributed by atoms with van der Waals surface area (Å²) in [6.45, 7) is 1.66. The van der Waals surface area contributed by atoms with E-state index in [0.29, 0.717) is 30.8 Å². The molecule has 0 aliphatic heterocycles. The van der Waals surface area contributed by atoms with Crippen LogP contribution in [0.3, 0.4) is 0 Å². The molecule has 0 atom stereocenters. The molecule has 0 saturated heterocycles. The molecule has 5 nitrogen and oxygen atoms in total. The monoisotopic (exact) mass is 340 g/mol. The van der Waals surface area contributed by atoms with Gasteiger partial charge in [-0.3, -0.25) is 9.59 Å². The van der Waals surface area contributed by atoms with Crippen LogP contribution in [0, 0.1) is 0 Å². The highest BCUT2D eigenvalue weighted by Gasteiger charge is 2.14. The number of nitrogens with zero attached hydrogens (tertiary/aromatic N) is 1. The van der Waals surface area contributed by atoms with Crippen LogP contribution in [-0.2, 0) is 11.3 Å². The molecule has 0 saturated carbocycles. The van der Waals surface area contributed by atoms with Gasteiger partial charge >= 0.3 is 0 Å². The van der Waals surface area contributed by atoms with Gasteiger partial charge in [-0.1, -0.05) is 36.4 Å². The molecule has 0 fully saturated rings. The van der Waals surface area contributed by atoms with Crippen LogP contribution in [0.2, 0.25) is 0 Å². The highest BCUT2D eigenvalue weighted by molar-refractivity contribution is 5.99. The number of rotatable bonds is 8. The highest BCUT2D eigenvalue weighted by Crippen LogP contribution is 2.11. The largest absolute Gasteiger partial charge is 0.385 e. The van der Waals surface area contributed by atoms with Gasteiger partial charge < -0.3 is 15.0 Å². The van der Waals surface area contributed by atoms with E-state index < -0.39 is 0 Å². The summed E-state index contributed by atoms with van der Waals surface area (Å²) in [5.41, 5.74) is 2.05. The first-order valence-corrected chi connectivity index (χ1v) is 8.28. The van der Waals surface area contributed by atoms with E-state index in [4.69, 9.17) is 4.74 Å². The third-order valence-corrected chi connectivity index (χ3v) is 3.79. The zero-order chi connectivity index (χ0) is 18.1. The molecule has 0 heterocycles. The van der Waals surface area contributed by atoms with E-state index in [2.05, 4.69) is 5.32 Å². The van der Waals surface area contributed by atoms with Crippen LogP contribution in [0.1, 0.15) is 32.7 Å². The predicted octanol–water partition coefficient (Wildman–Crippen LogP) is 2.73. The van der Waals surface area contributed by atoms with Crippen LogP contribution in [-0.4, -0.2) is 44.0 Å². The Labute approximate surface area is 148 Å². The number of benzene rings is 2. The molecule has 2 aromatic carbocycles. The highest BCUT2D eigenvalue weighted by atomic mass is 16.5. The summed E-state index contributed by atoms with van der Waals surface area (Å²) < 4.78 is 4.95. The van der Waals surface area contributed by atoms with Crippen molar-refractivity contribution in [3.05, 3.63) is 71.3 Å². The third kappa shape index (κ3) is 5.72. The first-order valence-electron chi connectivity index (χ1n) is 8.28. The maximum absolute atomic E-state index is 12.6. The topological polar surface area (TPSA) is 58.6 Å². The molecule has 1 N–H and O–H groups in total. The minimum atomic E-state index is -0.184. The summed E-state index contributed by atoms with van der Waals surface area (Å²) in [5, 5.41) is 2.83. The first-order chi connectivity index (χ1) is 12.1. The number of carbonyl (C=O) groups is 2. The molecule has 5 heteroatoms. The van der Waals surface area contributed by atoms with Crippen LogP contribution in [0.4, 0.5) is 0 Å². The Morgan fingerprint density at radius 1 is 1.04 bits per heavy atom. The number of ether oxygens (including phenoxy) is 1. The zero-order valence-corrected chi connectivity index (χ0v) is 14.7. The molecule has 2 aromatic rings. The minimum absolute atomic E-state index is 0.113. The molecule has 0 spiro atoms. The van der Waals surface area contributed by atoms with E-state index in [-0.39, 0.29) is 11.8 Å². The molecule has 0 aromatic heterocycles. The van der Waals surface area contributed by atoms with Crippen LogP contribution in [0.15, 0.2) is 54.6 Å². The lowest BCUT2D eigenvalue weighted by Crippen LogP contribution is -2.28. The smallest absolute Gasteiger partial charge is 0.253 e. The molecule has 132 valence electrons. The van der Waals surface area contributed by atoms with Crippen molar-refractivity contribution in [2.24, 2.45) is 0 Å². The Balaban J connectivity index is 1.99. The van der Waals surface area contributed by atoms with E-state index >= 15 is 0 Å². The van der Waals surface area contributed by atoms with Crippen molar-refractivity contribution in [2.45, 2.75) is 13.0 Å². The van der Waals surface area contributed by atoms with Gasteiger partial charge in [-0.2, -0.15) is 0 Å². The van der Waals surface area contributed by atoms with Crippen LogP contribution >= 0.6 is 0 Å². The second-order valence-electron chi connectivity index (χ2n) is 5.83. The van der Waals surface area contributed by atoms with E-state index in [0.717, 1.165) is 12.0 Å². The van der Waals surface area contributed by atoms with Gasteiger partial charge in [0.15, 0.2) is 0 Å². The molecule has 0 aliphatic carbocycles. The van der Waals surface area contributed by atoms with Gasteiger partial charge in [0.25, 0.3) is 11.8 Å². The Hall–Kier alpha value is -2.66. The normalized spacial score (nSPS) is 10.3. The van der Waals surface area contributed by atoms with Crippen LogP contribution in [0.25, 0.3) is 0 Å². The molecule has 2 rings (SSSR count). The summed E-state index contributed by atoms with van der Waals surface area (Å²) in [6.07, 6.45) is 0.751. The molecule has 0 aliphatic rings. The quantitative estimate of drug-likeness (QED) is 0.752. The first kappa shape index (κ1) is 18.7. The molecule has 2 amide bonds. The number of amides is 2. The molecule has 0 radical (unpaired) electrons. The van der Waals surface area contributed by atoms with Crippen molar-refractivity contribution in [3.63, 3.8) is 0 Å². The maximum Gasteiger partial charge on any atom is 0.253 e. The van der Waals surface area contributed by atoms with Gasteiger partial charge in [-0.25, -0.2) is 0 Å². The Morgan fingerprint density at radius 2 is 1.76 bits per heavy atom. The number of hydrogen-bond donors (Lipinski definition) is 1. The van der Waals surface area contributed by atoms with Crippen molar-refractivity contribution in [1.29, 1.82) is 0 Å². The zero-order valence-electron chi connectivity index (χ0n) is 14.7. The molecular weight excluding hydrogens is 316 g/mol. The fraction of sp³-hybridized carbons (Fsp3) is 0.300. The fourth-order valence-corrected chi connectivity index (χ4v) is 2.46. The Bertz CT molecular complexity index is 701. The van der Waals surface area contributed by atoms with Gasteiger partial charge in [-0.05, 0) is 30.2 Å². The number of methoxy groups -OCH3 is 1. The molecular formula is C20H24N2O3. The van der Waals surface area contributed by atoms with E-state index in [1.165, 1.54) is 0 Å². The predicted molar refractivity (Wildman–Crippen MR) is 97.5 cm³/mol. The second-order valence-corrected chi connectivity index (χ2v) is 5.83. The van der Waals surface area contributed by atoms with Crippen molar-refractivity contribution in [1.82, 2.24) is 10.2 Å². The minimum Gasteiger partial charge on any atom is -0.385 e. The lowest BCUT2D eigenvalue weighted by atomic mass is 10.1. The van der Waals surface area contributed by atoms with Gasteiger partial charge in [-0.15, -0.1) is 0 Å². The summed E-state index contributed by atoms with van der Waals surface area (Å²) in [4.78, 5) is 26.4. The lowest BCUT2D eigenvalue weighted by Gasteiger charge is -2.17. The van der Waals surface area contributed by atoms with Crippen LogP contribution in [0.5, 0.6) is 0 Å². The Morgan fingerprint density at radius 3 is 2.48 bits per heavy atom. The summed E-state index contributed by atoms with van der Waals surface area (Å²) in [7, 11) is 3.38. The van der Waals surface area contributed by atoms with Gasteiger partial charge in [0.2, 0.25) is 0 Å². The average Bonchev–Trinajstić information content (AvgIpc) is 2.65.